The average molecular weight is 227 g/mol. The van der Waals surface area contributed by atoms with Crippen molar-refractivity contribution >= 4 is 23.4 Å². The van der Waals surface area contributed by atoms with Gasteiger partial charge in [-0.25, -0.2) is 0 Å². The van der Waals surface area contributed by atoms with Crippen LogP contribution >= 0.6 is 11.6 Å². The molecule has 1 aliphatic heterocycles. The van der Waals surface area contributed by atoms with E-state index in [1.165, 1.54) is 4.90 Å². The van der Waals surface area contributed by atoms with Gasteiger partial charge in [-0.3, -0.25) is 9.69 Å². The fourth-order valence-corrected chi connectivity index (χ4v) is 1.77. The van der Waals surface area contributed by atoms with E-state index in [-0.39, 0.29) is 11.8 Å². The molecule has 0 radical (unpaired) electrons. The minimum absolute atomic E-state index is 0.00190. The number of amides is 1. The highest BCUT2D eigenvalue weighted by Gasteiger charge is 2.33. The van der Waals surface area contributed by atoms with Crippen LogP contribution in [0.15, 0.2) is 17.2 Å². The molecule has 0 saturated carbocycles. The van der Waals surface area contributed by atoms with Gasteiger partial charge in [-0.1, -0.05) is 22.8 Å². The maximum atomic E-state index is 11.6. The van der Waals surface area contributed by atoms with Crippen molar-refractivity contribution in [3.63, 3.8) is 0 Å². The molecule has 5 heteroatoms. The molecule has 0 spiro atoms. The second kappa shape index (κ2) is 3.70. The summed E-state index contributed by atoms with van der Waals surface area (Å²) in [6.45, 7) is 5.98. The quantitative estimate of drug-likeness (QED) is 0.726. The van der Waals surface area contributed by atoms with E-state index in [0.29, 0.717) is 29.6 Å². The molecule has 1 aromatic heterocycles. The van der Waals surface area contributed by atoms with E-state index < -0.39 is 0 Å². The third-order valence-electron chi connectivity index (χ3n) is 2.51. The molecule has 1 saturated heterocycles. The third-order valence-corrected chi connectivity index (χ3v) is 2.94. The van der Waals surface area contributed by atoms with Gasteiger partial charge in [0.25, 0.3) is 5.88 Å². The number of aryl methyl sites for hydroxylation is 1. The largest absolute Gasteiger partial charge is 0.336 e. The van der Waals surface area contributed by atoms with Gasteiger partial charge in [-0.2, -0.15) is 0 Å². The van der Waals surface area contributed by atoms with Crippen LogP contribution in [0.5, 0.6) is 0 Å². The summed E-state index contributed by atoms with van der Waals surface area (Å²) in [7, 11) is 0. The zero-order chi connectivity index (χ0) is 11.0. The summed E-state index contributed by atoms with van der Waals surface area (Å²) in [5.41, 5.74) is 0.599. The number of hydrogen-bond donors (Lipinski definition) is 0. The second-order valence-electron chi connectivity index (χ2n) is 3.59. The molecular formula is C10H11ClN2O2. The van der Waals surface area contributed by atoms with Gasteiger partial charge in [0.15, 0.2) is 0 Å². The molecule has 1 atom stereocenters. The lowest BCUT2D eigenvalue weighted by molar-refractivity contribution is -0.117. The Kier molecular flexibility index (Phi) is 2.52. The molecule has 80 valence electrons. The van der Waals surface area contributed by atoms with Crippen LogP contribution in [-0.2, 0) is 4.79 Å². The predicted molar refractivity (Wildman–Crippen MR) is 56.9 cm³/mol. The summed E-state index contributed by atoms with van der Waals surface area (Å²) in [4.78, 5) is 13.2. The number of hydrogen-bond acceptors (Lipinski definition) is 3. The van der Waals surface area contributed by atoms with Crippen LogP contribution in [0.3, 0.4) is 0 Å². The maximum Gasteiger partial charge on any atom is 0.252 e. The highest BCUT2D eigenvalue weighted by molar-refractivity contribution is 6.34. The van der Waals surface area contributed by atoms with Crippen LogP contribution in [0, 0.1) is 12.8 Å². The summed E-state index contributed by atoms with van der Waals surface area (Å²) in [5.74, 6) is 0.514. The molecule has 2 rings (SSSR count). The lowest BCUT2D eigenvalue weighted by Crippen LogP contribution is -2.24. The standard InChI is InChI=1S/C10H11ClN2O2/c1-3-7-4-8(14)13(5-7)10-9(11)6(2)12-15-10/h3,7H,1,4-5H2,2H3. The van der Waals surface area contributed by atoms with E-state index in [0.717, 1.165) is 0 Å². The zero-order valence-electron chi connectivity index (χ0n) is 8.36. The van der Waals surface area contributed by atoms with Crippen molar-refractivity contribution in [1.29, 1.82) is 0 Å². The molecule has 0 N–H and O–H groups in total. The van der Waals surface area contributed by atoms with Gasteiger partial charge in [-0.15, -0.1) is 6.58 Å². The Balaban J connectivity index is 2.29. The summed E-state index contributed by atoms with van der Waals surface area (Å²) < 4.78 is 5.03. The van der Waals surface area contributed by atoms with Crippen LogP contribution < -0.4 is 4.90 Å². The van der Waals surface area contributed by atoms with E-state index in [1.54, 1.807) is 13.0 Å². The number of carbonyl (C=O) groups is 1. The van der Waals surface area contributed by atoms with Crippen LogP contribution in [0.2, 0.25) is 5.02 Å². The zero-order valence-corrected chi connectivity index (χ0v) is 9.12. The molecule has 15 heavy (non-hydrogen) atoms. The molecule has 1 aromatic rings. The normalized spacial score (nSPS) is 21.1. The van der Waals surface area contributed by atoms with Crippen molar-refractivity contribution in [2.75, 3.05) is 11.4 Å². The van der Waals surface area contributed by atoms with Gasteiger partial charge in [0.1, 0.15) is 10.7 Å². The van der Waals surface area contributed by atoms with Crippen LogP contribution in [0.1, 0.15) is 12.1 Å². The van der Waals surface area contributed by atoms with Crippen molar-refractivity contribution < 1.29 is 9.32 Å². The first-order valence-electron chi connectivity index (χ1n) is 4.68. The fourth-order valence-electron chi connectivity index (χ4n) is 1.60. The van der Waals surface area contributed by atoms with Crippen LogP contribution in [-0.4, -0.2) is 17.6 Å². The molecule has 1 fully saturated rings. The molecule has 0 aliphatic carbocycles. The highest BCUT2D eigenvalue weighted by Crippen LogP contribution is 2.33. The lowest BCUT2D eigenvalue weighted by atomic mass is 10.1. The maximum absolute atomic E-state index is 11.6. The lowest BCUT2D eigenvalue weighted by Gasteiger charge is -2.11. The number of halogens is 1. The summed E-state index contributed by atoms with van der Waals surface area (Å²) >= 11 is 5.97. The number of aromatic nitrogens is 1. The molecule has 4 nitrogen and oxygen atoms in total. The van der Waals surface area contributed by atoms with Gasteiger partial charge < -0.3 is 4.52 Å². The summed E-state index contributed by atoms with van der Waals surface area (Å²) in [5, 5.41) is 4.13. The monoisotopic (exact) mass is 226 g/mol. The third kappa shape index (κ3) is 1.65. The molecule has 0 aromatic carbocycles. The van der Waals surface area contributed by atoms with E-state index in [9.17, 15) is 4.79 Å². The first-order valence-corrected chi connectivity index (χ1v) is 5.06. The topological polar surface area (TPSA) is 46.3 Å². The van der Waals surface area contributed by atoms with E-state index in [4.69, 9.17) is 16.1 Å². The first-order chi connectivity index (χ1) is 7.13. The van der Waals surface area contributed by atoms with E-state index in [1.807, 2.05) is 0 Å². The number of rotatable bonds is 2. The SMILES string of the molecule is C=CC1CC(=O)N(c2onc(C)c2Cl)C1. The molecule has 1 unspecified atom stereocenters. The van der Waals surface area contributed by atoms with Crippen molar-refractivity contribution in [3.8, 4) is 0 Å². The van der Waals surface area contributed by atoms with Gasteiger partial charge >= 0.3 is 0 Å². The Bertz CT molecular complexity index is 414. The van der Waals surface area contributed by atoms with E-state index in [2.05, 4.69) is 11.7 Å². The van der Waals surface area contributed by atoms with Crippen molar-refractivity contribution in [1.82, 2.24) is 5.16 Å². The second-order valence-corrected chi connectivity index (χ2v) is 3.97. The van der Waals surface area contributed by atoms with Crippen molar-refractivity contribution in [2.45, 2.75) is 13.3 Å². The van der Waals surface area contributed by atoms with Gasteiger partial charge in [0.05, 0.1) is 0 Å². The number of nitrogens with zero attached hydrogens (tertiary/aromatic N) is 2. The number of anilines is 1. The van der Waals surface area contributed by atoms with Crippen LogP contribution in [0.4, 0.5) is 5.88 Å². The average Bonchev–Trinajstić information content (AvgIpc) is 2.73. The Morgan fingerprint density at radius 1 is 1.73 bits per heavy atom. The first kappa shape index (κ1) is 10.2. The summed E-state index contributed by atoms with van der Waals surface area (Å²) in [6, 6.07) is 0. The van der Waals surface area contributed by atoms with Crippen LogP contribution in [0.25, 0.3) is 0 Å². The van der Waals surface area contributed by atoms with Crippen molar-refractivity contribution in [2.24, 2.45) is 5.92 Å². The Morgan fingerprint density at radius 2 is 2.47 bits per heavy atom. The van der Waals surface area contributed by atoms with Crippen molar-refractivity contribution in [3.05, 3.63) is 23.4 Å². The summed E-state index contributed by atoms with van der Waals surface area (Å²) in [6.07, 6.45) is 2.23. The fraction of sp³-hybridized carbons (Fsp3) is 0.400. The Labute approximate surface area is 92.5 Å². The Hall–Kier alpha value is -1.29. The molecular weight excluding hydrogens is 216 g/mol. The smallest absolute Gasteiger partial charge is 0.252 e. The predicted octanol–water partition coefficient (Wildman–Crippen LogP) is 2.18. The van der Waals surface area contributed by atoms with Gasteiger partial charge in [0, 0.05) is 18.9 Å². The molecule has 1 amide bonds. The highest BCUT2D eigenvalue weighted by atomic mass is 35.5. The molecule has 1 aliphatic rings. The van der Waals surface area contributed by atoms with Gasteiger partial charge in [0.2, 0.25) is 5.91 Å². The van der Waals surface area contributed by atoms with E-state index >= 15 is 0 Å². The molecule has 2 heterocycles. The minimum Gasteiger partial charge on any atom is -0.336 e. The number of carbonyl (C=O) groups excluding carboxylic acids is 1. The minimum atomic E-state index is -0.00190. The Morgan fingerprint density at radius 3 is 2.93 bits per heavy atom. The molecule has 0 bridgehead atoms. The van der Waals surface area contributed by atoms with Gasteiger partial charge in [-0.05, 0) is 6.92 Å².